The quantitative estimate of drug-likeness (QED) is 0.389. The van der Waals surface area contributed by atoms with E-state index in [0.29, 0.717) is 16.4 Å². The topological polar surface area (TPSA) is 122 Å². The third kappa shape index (κ3) is 6.37. The Labute approximate surface area is 245 Å². The van der Waals surface area contributed by atoms with Crippen LogP contribution >= 0.6 is 11.8 Å². The van der Waals surface area contributed by atoms with Gasteiger partial charge in [0.1, 0.15) is 23.5 Å². The molecule has 1 saturated heterocycles. The summed E-state index contributed by atoms with van der Waals surface area (Å²) in [5.74, 6) is -1.65. The number of ether oxygens (including phenoxy) is 2. The second kappa shape index (κ2) is 12.0. The molecule has 3 amide bonds. The van der Waals surface area contributed by atoms with E-state index in [-0.39, 0.29) is 25.7 Å². The highest BCUT2D eigenvalue weighted by Gasteiger charge is 2.58. The Morgan fingerprint density at radius 1 is 1.17 bits per heavy atom. The maximum atomic E-state index is 14.3. The molecule has 2 aliphatic rings. The van der Waals surface area contributed by atoms with E-state index in [1.54, 1.807) is 25.7 Å². The average molecular weight is 586 g/mol. The van der Waals surface area contributed by atoms with Crippen LogP contribution in [-0.4, -0.2) is 74.1 Å². The molecule has 1 fully saturated rings. The fraction of sp³-hybridized carbons (Fsp3) is 0.533. The van der Waals surface area contributed by atoms with Crippen LogP contribution in [0.5, 0.6) is 0 Å². The highest BCUT2D eigenvalue weighted by atomic mass is 32.2. The lowest BCUT2D eigenvalue weighted by Crippen LogP contribution is -2.68. The Bertz CT molecular complexity index is 1290. The van der Waals surface area contributed by atoms with Crippen LogP contribution in [0.1, 0.15) is 66.0 Å². The third-order valence-electron chi connectivity index (χ3n) is 7.09. The molecule has 3 heterocycles. The number of benzene rings is 1. The molecular weight excluding hydrogens is 546 g/mol. The van der Waals surface area contributed by atoms with Crippen molar-refractivity contribution in [1.82, 2.24) is 14.8 Å². The van der Waals surface area contributed by atoms with Gasteiger partial charge in [-0.1, -0.05) is 49.0 Å². The third-order valence-corrected chi connectivity index (χ3v) is 8.59. The summed E-state index contributed by atoms with van der Waals surface area (Å²) in [5.41, 5.74) is -0.848. The normalized spacial score (nSPS) is 21.3. The molecule has 0 saturated carbocycles. The van der Waals surface area contributed by atoms with Gasteiger partial charge in [0, 0.05) is 12.5 Å². The van der Waals surface area contributed by atoms with Gasteiger partial charge in [0.25, 0.3) is 0 Å². The molecule has 10 nitrogen and oxygen atoms in total. The molecule has 0 spiro atoms. The molecule has 4 atom stereocenters. The van der Waals surface area contributed by atoms with Crippen LogP contribution in [0.15, 0.2) is 52.8 Å². The first-order chi connectivity index (χ1) is 19.3. The van der Waals surface area contributed by atoms with Crippen molar-refractivity contribution >= 4 is 34.6 Å². The minimum absolute atomic E-state index is 0.0420. The zero-order chi connectivity index (χ0) is 30.1. The largest absolute Gasteiger partial charge is 0.458 e. The van der Waals surface area contributed by atoms with Crippen molar-refractivity contribution in [2.24, 2.45) is 11.8 Å². The molecular formula is C30H39N3O7S. The number of oxazole rings is 1. The highest BCUT2D eigenvalue weighted by molar-refractivity contribution is 8.09. The van der Waals surface area contributed by atoms with Gasteiger partial charge >= 0.3 is 12.0 Å². The number of hydrogen-bond donors (Lipinski definition) is 1. The van der Waals surface area contributed by atoms with E-state index < -0.39 is 46.4 Å². The molecule has 11 heteroatoms. The maximum absolute atomic E-state index is 14.3. The minimum atomic E-state index is -1.59. The zero-order valence-corrected chi connectivity index (χ0v) is 25.4. The number of aliphatic hydroxyl groups is 1. The summed E-state index contributed by atoms with van der Waals surface area (Å²) >= 11 is 1.34. The molecule has 1 aromatic heterocycles. The number of nitrogens with zero attached hydrogens (tertiary/aromatic N) is 3. The number of esters is 1. The van der Waals surface area contributed by atoms with Crippen LogP contribution < -0.4 is 0 Å². The fourth-order valence-electron chi connectivity index (χ4n) is 4.84. The Hall–Kier alpha value is -3.15. The molecule has 41 heavy (non-hydrogen) atoms. The summed E-state index contributed by atoms with van der Waals surface area (Å²) in [4.78, 5) is 49.4. The van der Waals surface area contributed by atoms with Gasteiger partial charge in [0.15, 0.2) is 0 Å². The van der Waals surface area contributed by atoms with Crippen molar-refractivity contribution < 1.29 is 33.4 Å². The zero-order valence-electron chi connectivity index (χ0n) is 24.6. The highest BCUT2D eigenvalue weighted by Crippen LogP contribution is 2.52. The van der Waals surface area contributed by atoms with Crippen molar-refractivity contribution in [2.75, 3.05) is 19.8 Å². The predicted octanol–water partition coefficient (Wildman–Crippen LogP) is 4.87. The fourth-order valence-corrected chi connectivity index (χ4v) is 6.35. The van der Waals surface area contributed by atoms with Crippen LogP contribution in [0, 0.1) is 11.8 Å². The molecule has 0 aliphatic carbocycles. The van der Waals surface area contributed by atoms with Crippen molar-refractivity contribution in [1.29, 1.82) is 0 Å². The van der Waals surface area contributed by atoms with Gasteiger partial charge in [-0.15, -0.1) is 0 Å². The summed E-state index contributed by atoms with van der Waals surface area (Å²) in [6.07, 6.45) is 2.44. The summed E-state index contributed by atoms with van der Waals surface area (Å²) in [5, 5.41) is 8.98. The molecule has 0 bridgehead atoms. The van der Waals surface area contributed by atoms with Crippen molar-refractivity contribution in [3.63, 3.8) is 0 Å². The van der Waals surface area contributed by atoms with Crippen LogP contribution in [0.4, 0.5) is 4.79 Å². The van der Waals surface area contributed by atoms with E-state index in [4.69, 9.17) is 13.9 Å². The number of aromatic nitrogens is 1. The van der Waals surface area contributed by atoms with Crippen LogP contribution in [0.25, 0.3) is 4.91 Å². The number of hydrogen-bond acceptors (Lipinski definition) is 9. The molecule has 2 aromatic rings. The van der Waals surface area contributed by atoms with Crippen LogP contribution in [0.2, 0.25) is 0 Å². The first kappa shape index (κ1) is 30.8. The standard InChI is InChI=1S/C30H39N3O7S/c1-18(16-34)17-39-21(20-11-9-8-10-12-20)15-32-26-22(19(2)23(41-26)24-31-13-14-38-24)25(35)33(28(32)37)30(6,7)27(36)40-29(3,4)5/h8-14,18,21-22,26,34H,15-17H2,1-7H3/t18?,21-,22?,26?/m0/s1. The van der Waals surface area contributed by atoms with Gasteiger partial charge in [0.05, 0.1) is 35.5 Å². The van der Waals surface area contributed by atoms with Gasteiger partial charge < -0.3 is 23.9 Å². The number of carbonyl (C=O) groups excluding carboxylic acids is 3. The number of fused-ring (bicyclic) bond motifs is 1. The first-order valence-corrected chi connectivity index (χ1v) is 14.6. The van der Waals surface area contributed by atoms with E-state index in [2.05, 4.69) is 4.98 Å². The number of carbonyl (C=O) groups is 3. The number of imide groups is 1. The van der Waals surface area contributed by atoms with Crippen molar-refractivity contribution in [3.05, 3.63) is 59.8 Å². The molecule has 3 unspecified atom stereocenters. The summed E-state index contributed by atoms with van der Waals surface area (Å²) < 4.78 is 17.5. The summed E-state index contributed by atoms with van der Waals surface area (Å²) in [7, 11) is 0. The molecule has 1 aromatic carbocycles. The Morgan fingerprint density at radius 2 is 1.85 bits per heavy atom. The number of thioether (sulfide) groups is 1. The van der Waals surface area contributed by atoms with E-state index in [0.717, 1.165) is 10.5 Å². The molecule has 0 radical (unpaired) electrons. The second-order valence-electron chi connectivity index (χ2n) is 12.0. The van der Waals surface area contributed by atoms with Gasteiger partial charge in [-0.2, -0.15) is 0 Å². The Morgan fingerprint density at radius 3 is 2.44 bits per heavy atom. The van der Waals surface area contributed by atoms with E-state index in [1.807, 2.05) is 44.2 Å². The minimum Gasteiger partial charge on any atom is -0.458 e. The van der Waals surface area contributed by atoms with Crippen LogP contribution in [0.3, 0.4) is 0 Å². The monoisotopic (exact) mass is 585 g/mol. The number of amides is 3. The number of aliphatic hydroxyl groups excluding tert-OH is 1. The SMILES string of the molecule is CC1=C(c2ncco2)SC2C1C(=O)N(C(C)(C)C(=O)OC(C)(C)C)C(=O)N2C[C@H](OCC(C)CO)c1ccccc1. The smallest absolute Gasteiger partial charge is 0.332 e. The molecule has 2 aliphatic heterocycles. The lowest BCUT2D eigenvalue weighted by Gasteiger charge is -2.47. The average Bonchev–Trinajstić information content (AvgIpc) is 3.55. The second-order valence-corrected chi connectivity index (χ2v) is 13.2. The molecule has 222 valence electrons. The van der Waals surface area contributed by atoms with Gasteiger partial charge in [0.2, 0.25) is 11.8 Å². The predicted molar refractivity (Wildman–Crippen MR) is 154 cm³/mol. The van der Waals surface area contributed by atoms with Gasteiger partial charge in [-0.3, -0.25) is 4.79 Å². The van der Waals surface area contributed by atoms with E-state index >= 15 is 0 Å². The molecule has 4 rings (SSSR count). The number of rotatable bonds is 10. The Balaban J connectivity index is 1.76. The lowest BCUT2D eigenvalue weighted by molar-refractivity contribution is -0.171. The van der Waals surface area contributed by atoms with E-state index in [9.17, 15) is 19.5 Å². The molecule has 1 N–H and O–H groups in total. The summed E-state index contributed by atoms with van der Waals surface area (Å²) in [6, 6.07) is 8.89. The maximum Gasteiger partial charge on any atom is 0.332 e. The first-order valence-electron chi connectivity index (χ1n) is 13.7. The van der Waals surface area contributed by atoms with E-state index in [1.165, 1.54) is 38.1 Å². The lowest BCUT2D eigenvalue weighted by atomic mass is 9.91. The van der Waals surface area contributed by atoms with Crippen molar-refractivity contribution in [2.45, 2.75) is 71.1 Å². The van der Waals surface area contributed by atoms with Crippen LogP contribution in [-0.2, 0) is 19.1 Å². The Kier molecular flexibility index (Phi) is 9.01. The van der Waals surface area contributed by atoms with Gasteiger partial charge in [-0.05, 0) is 52.7 Å². The van der Waals surface area contributed by atoms with Crippen molar-refractivity contribution in [3.8, 4) is 0 Å². The summed E-state index contributed by atoms with van der Waals surface area (Å²) in [6.45, 7) is 12.3. The number of urea groups is 1. The van der Waals surface area contributed by atoms with Gasteiger partial charge in [-0.25, -0.2) is 19.5 Å².